The monoisotopic (exact) mass is 591 g/mol. The number of hydrogen-bond acceptors (Lipinski definition) is 5. The maximum atomic E-state index is 14.3. The Labute approximate surface area is 259 Å². The lowest BCUT2D eigenvalue weighted by Gasteiger charge is -2.50. The Morgan fingerprint density at radius 2 is 1.75 bits per heavy atom. The Balaban J connectivity index is 1.38. The lowest BCUT2D eigenvalue weighted by Crippen LogP contribution is -2.61. The second-order valence-electron chi connectivity index (χ2n) is 11.9. The molecule has 2 N–H and O–H groups in total. The van der Waals surface area contributed by atoms with E-state index in [2.05, 4.69) is 9.88 Å². The summed E-state index contributed by atoms with van der Waals surface area (Å²) in [5, 5.41) is 17.1. The van der Waals surface area contributed by atoms with Crippen molar-refractivity contribution in [3.05, 3.63) is 95.4 Å². The van der Waals surface area contributed by atoms with E-state index in [-0.39, 0.29) is 12.3 Å². The Hall–Kier alpha value is -4.70. The second kappa shape index (κ2) is 8.69. The molecule has 44 heavy (non-hydrogen) atoms. The molecule has 6 aromatic rings. The van der Waals surface area contributed by atoms with Crippen LogP contribution in [0, 0.1) is 0 Å². The van der Waals surface area contributed by atoms with E-state index in [0.29, 0.717) is 21.9 Å². The molecule has 5 atom stereocenters. The molecule has 1 unspecified atom stereocenters. The standard InChI is InChI=1S/C35H30N4O5/c1-35-31(43-3)23(37(2)34(42)18-11-5-4-6-12-18)17-24(44-35)38-21-15-9-7-13-19(21)25-27-28(33(41)36-32(27)40)26-20-14-8-10-16-22(20)39(35)30(26)29(25)38/h4-16,23-24,31,33,41H,17H2,1-3H3,(H,36,40)/t23-,24-,31-,33?,35+/m1/s1/i4D,5D,6D,11D,12D. The van der Waals surface area contributed by atoms with Crippen LogP contribution in [0.1, 0.15) is 58.9 Å². The summed E-state index contributed by atoms with van der Waals surface area (Å²) < 4.78 is 58.9. The molecule has 9 nitrogen and oxygen atoms in total. The fourth-order valence-corrected chi connectivity index (χ4v) is 8.12. The lowest BCUT2D eigenvalue weighted by molar-refractivity contribution is -0.264. The number of nitrogens with zero attached hydrogens (tertiary/aromatic N) is 3. The first kappa shape index (κ1) is 21.1. The molecule has 9 heteroatoms. The first-order valence-electron chi connectivity index (χ1n) is 17.0. The average Bonchev–Trinajstić information content (AvgIpc) is 3.70. The molecule has 5 heterocycles. The van der Waals surface area contributed by atoms with Crippen LogP contribution in [-0.2, 0) is 15.2 Å². The van der Waals surface area contributed by atoms with Gasteiger partial charge >= 0.3 is 0 Å². The first-order valence-corrected chi connectivity index (χ1v) is 14.5. The van der Waals surface area contributed by atoms with Crippen molar-refractivity contribution in [1.82, 2.24) is 19.4 Å². The first-order chi connectivity index (χ1) is 23.4. The van der Waals surface area contributed by atoms with Gasteiger partial charge in [-0.25, -0.2) is 0 Å². The number of methoxy groups -OCH3 is 1. The van der Waals surface area contributed by atoms with Crippen LogP contribution in [0.25, 0.3) is 43.6 Å². The minimum atomic E-state index is -1.29. The number of aliphatic hydroxyl groups excluding tert-OH is 1. The molecule has 0 radical (unpaired) electrons. The maximum absolute atomic E-state index is 14.3. The molecule has 0 saturated carbocycles. The van der Waals surface area contributed by atoms with Gasteiger partial charge in [-0.1, -0.05) is 54.5 Å². The highest BCUT2D eigenvalue weighted by molar-refractivity contribution is 6.31. The molecule has 0 spiro atoms. The molecule has 1 fully saturated rings. The Kier molecular flexibility index (Phi) is 4.16. The highest BCUT2D eigenvalue weighted by atomic mass is 16.6. The van der Waals surface area contributed by atoms with E-state index in [1.807, 2.05) is 60.0 Å². The van der Waals surface area contributed by atoms with Crippen molar-refractivity contribution in [1.29, 1.82) is 0 Å². The van der Waals surface area contributed by atoms with E-state index in [1.165, 1.54) is 12.0 Å². The fourth-order valence-electron chi connectivity index (χ4n) is 8.12. The number of aliphatic hydroxyl groups is 1. The number of para-hydroxylation sites is 2. The predicted molar refractivity (Wildman–Crippen MR) is 166 cm³/mol. The minimum Gasteiger partial charge on any atom is -0.374 e. The van der Waals surface area contributed by atoms with Gasteiger partial charge in [0.05, 0.1) is 40.5 Å². The number of aromatic nitrogens is 2. The number of nitrogens with one attached hydrogen (secondary N) is 1. The van der Waals surface area contributed by atoms with Gasteiger partial charge in [0.15, 0.2) is 12.0 Å². The molecule has 3 aliphatic rings. The summed E-state index contributed by atoms with van der Waals surface area (Å²) in [5.74, 6) is -1.12. The zero-order chi connectivity index (χ0) is 34.4. The van der Waals surface area contributed by atoms with Gasteiger partial charge < -0.3 is 33.9 Å². The molecule has 0 aliphatic carbocycles. The quantitative estimate of drug-likeness (QED) is 0.287. The summed E-state index contributed by atoms with van der Waals surface area (Å²) in [4.78, 5) is 29.3. The SMILES string of the molecule is [2H]c1c([2H])c([2H])c(C(=O)N(C)[C@@H]2C[C@H]3O[C@@](C)([C@@H]2OC)n2c4ccccc4c4c5c(c6c7ccccc7n3c6c42)C(=O)NC5O)c([2H])c1[2H]. The van der Waals surface area contributed by atoms with Crippen molar-refractivity contribution in [3.63, 3.8) is 0 Å². The van der Waals surface area contributed by atoms with E-state index in [1.54, 1.807) is 7.05 Å². The normalized spacial score (nSPS) is 27.2. The van der Waals surface area contributed by atoms with E-state index < -0.39 is 72.0 Å². The van der Waals surface area contributed by atoms with Crippen LogP contribution in [0.2, 0.25) is 0 Å². The van der Waals surface area contributed by atoms with E-state index in [4.69, 9.17) is 16.3 Å². The summed E-state index contributed by atoms with van der Waals surface area (Å²) in [6, 6.07) is 11.7. The molecule has 3 aliphatic heterocycles. The van der Waals surface area contributed by atoms with Crippen LogP contribution in [0.15, 0.2) is 78.7 Å². The van der Waals surface area contributed by atoms with Crippen molar-refractivity contribution >= 4 is 55.4 Å². The largest absolute Gasteiger partial charge is 0.374 e. The number of rotatable bonds is 3. The number of hydrogen-bond donors (Lipinski definition) is 2. The van der Waals surface area contributed by atoms with Gasteiger partial charge in [-0.3, -0.25) is 9.59 Å². The van der Waals surface area contributed by atoms with E-state index in [9.17, 15) is 14.7 Å². The number of ether oxygens (including phenoxy) is 2. The van der Waals surface area contributed by atoms with Gasteiger partial charge in [0.25, 0.3) is 11.8 Å². The summed E-state index contributed by atoms with van der Waals surface area (Å²) in [6.07, 6.45) is -2.56. The average molecular weight is 592 g/mol. The molecule has 2 aromatic heterocycles. The topological polar surface area (TPSA) is 98.0 Å². The third kappa shape index (κ3) is 2.99. The summed E-state index contributed by atoms with van der Waals surface area (Å²) in [7, 11) is 3.08. The molecule has 1 saturated heterocycles. The Bertz CT molecular complexity index is 2480. The smallest absolute Gasteiger partial charge is 0.254 e. The van der Waals surface area contributed by atoms with E-state index >= 15 is 0 Å². The van der Waals surface area contributed by atoms with Gasteiger partial charge in [0, 0.05) is 53.3 Å². The predicted octanol–water partition coefficient (Wildman–Crippen LogP) is 5.40. The van der Waals surface area contributed by atoms with Crippen molar-refractivity contribution in [2.75, 3.05) is 14.2 Å². The van der Waals surface area contributed by atoms with Crippen LogP contribution in [0.5, 0.6) is 0 Å². The summed E-state index contributed by atoms with van der Waals surface area (Å²) in [5.41, 5.74) is 2.23. The summed E-state index contributed by atoms with van der Waals surface area (Å²) in [6.45, 7) is 1.89. The zero-order valence-corrected chi connectivity index (χ0v) is 24.1. The van der Waals surface area contributed by atoms with Gasteiger partial charge in [0.2, 0.25) is 0 Å². The van der Waals surface area contributed by atoms with Crippen LogP contribution in [0.3, 0.4) is 0 Å². The van der Waals surface area contributed by atoms with Gasteiger partial charge in [-0.15, -0.1) is 0 Å². The molecular weight excluding hydrogens is 556 g/mol. The molecule has 220 valence electrons. The molecule has 9 rings (SSSR count). The zero-order valence-electron chi connectivity index (χ0n) is 29.1. The van der Waals surface area contributed by atoms with Crippen LogP contribution in [-0.4, -0.2) is 57.3 Å². The van der Waals surface area contributed by atoms with Crippen molar-refractivity contribution in [2.45, 2.75) is 43.7 Å². The van der Waals surface area contributed by atoms with Crippen LogP contribution < -0.4 is 5.32 Å². The lowest BCUT2D eigenvalue weighted by atomic mass is 9.91. The molecule has 4 aromatic carbocycles. The number of carbonyl (C=O) groups is 2. The number of likely N-dealkylation sites (N-methyl/N-ethyl adjacent to an activating group) is 1. The summed E-state index contributed by atoms with van der Waals surface area (Å²) >= 11 is 0. The highest BCUT2D eigenvalue weighted by Crippen LogP contribution is 2.55. The van der Waals surface area contributed by atoms with Gasteiger partial charge in [0.1, 0.15) is 12.3 Å². The van der Waals surface area contributed by atoms with Gasteiger partial charge in [-0.05, 0) is 31.1 Å². The van der Waals surface area contributed by atoms with Crippen molar-refractivity contribution < 1.29 is 31.0 Å². The maximum Gasteiger partial charge on any atom is 0.254 e. The van der Waals surface area contributed by atoms with Crippen molar-refractivity contribution in [2.24, 2.45) is 0 Å². The van der Waals surface area contributed by atoms with Gasteiger partial charge in [-0.2, -0.15) is 0 Å². The third-order valence-electron chi connectivity index (χ3n) is 9.78. The molecule has 2 amide bonds. The second-order valence-corrected chi connectivity index (χ2v) is 11.9. The van der Waals surface area contributed by atoms with E-state index in [0.717, 1.165) is 32.8 Å². The minimum absolute atomic E-state index is 0.207. The van der Waals surface area contributed by atoms with Crippen molar-refractivity contribution in [3.8, 4) is 0 Å². The highest BCUT2D eigenvalue weighted by Gasteiger charge is 2.55. The van der Waals surface area contributed by atoms with Crippen LogP contribution >= 0.6 is 0 Å². The van der Waals surface area contributed by atoms with Crippen LogP contribution in [0.4, 0.5) is 0 Å². The Morgan fingerprint density at radius 3 is 2.48 bits per heavy atom. The number of carbonyl (C=O) groups excluding carboxylic acids is 2. The third-order valence-corrected chi connectivity index (χ3v) is 9.78. The molecule has 2 bridgehead atoms. The molecular formula is C35H30N4O5. The number of fused-ring (bicyclic) bond motifs is 13. The Morgan fingerprint density at radius 1 is 1.07 bits per heavy atom. The number of amides is 2. The number of benzene rings is 4. The fraction of sp³-hybridized carbons (Fsp3) is 0.257.